The first kappa shape index (κ1) is 32.6. The fourth-order valence-corrected chi connectivity index (χ4v) is 6.40. The van der Waals surface area contributed by atoms with E-state index in [2.05, 4.69) is 15.6 Å². The summed E-state index contributed by atoms with van der Waals surface area (Å²) in [5.74, 6) is -5.54. The number of aliphatic carboxylic acids is 1. The number of rotatable bonds is 12. The SMILES string of the molecule is CCOC(=O)C1=C(CN2CC(F)(F)C[C@@H]2CCNCC(=O)N2CC(C(=O)O)C2)NC(c2nccs2)=N[C@H]1c1cccc(F)c1C. The molecule has 2 atom stereocenters. The number of carbonyl (C=O) groups is 3. The number of alkyl halides is 2. The van der Waals surface area contributed by atoms with Crippen molar-refractivity contribution in [3.05, 3.63) is 63.0 Å². The lowest BCUT2D eigenvalue weighted by Gasteiger charge is -2.36. The molecule has 3 aliphatic heterocycles. The summed E-state index contributed by atoms with van der Waals surface area (Å²) in [7, 11) is 0. The van der Waals surface area contributed by atoms with Crippen molar-refractivity contribution >= 4 is 35.0 Å². The molecule has 2 saturated heterocycles. The second-order valence-electron chi connectivity index (χ2n) is 11.3. The lowest BCUT2D eigenvalue weighted by molar-refractivity contribution is -0.152. The van der Waals surface area contributed by atoms with E-state index in [1.165, 1.54) is 28.4 Å². The van der Waals surface area contributed by atoms with Crippen molar-refractivity contribution in [3.8, 4) is 0 Å². The number of amides is 1. The Morgan fingerprint density at radius 3 is 2.73 bits per heavy atom. The van der Waals surface area contributed by atoms with E-state index in [9.17, 15) is 27.6 Å². The van der Waals surface area contributed by atoms with Gasteiger partial charge in [0.1, 0.15) is 11.9 Å². The Morgan fingerprint density at radius 2 is 2.04 bits per heavy atom. The highest BCUT2D eigenvalue weighted by atomic mass is 32.1. The van der Waals surface area contributed by atoms with E-state index in [-0.39, 0.29) is 50.8 Å². The van der Waals surface area contributed by atoms with Crippen LogP contribution in [0.1, 0.15) is 41.9 Å². The van der Waals surface area contributed by atoms with E-state index >= 15 is 0 Å². The topological polar surface area (TPSA) is 136 Å². The lowest BCUT2D eigenvalue weighted by atomic mass is 9.92. The molecule has 2 fully saturated rings. The number of nitrogens with one attached hydrogen (secondary N) is 2. The van der Waals surface area contributed by atoms with Crippen molar-refractivity contribution in [1.29, 1.82) is 0 Å². The van der Waals surface area contributed by atoms with Gasteiger partial charge in [0.2, 0.25) is 5.91 Å². The van der Waals surface area contributed by atoms with Crippen LogP contribution < -0.4 is 10.6 Å². The molecule has 3 N–H and O–H groups in total. The van der Waals surface area contributed by atoms with Gasteiger partial charge in [-0.2, -0.15) is 0 Å². The highest BCUT2D eigenvalue weighted by molar-refractivity contribution is 7.11. The molecule has 15 heteroatoms. The number of hydrogen-bond acceptors (Lipinski definition) is 10. The van der Waals surface area contributed by atoms with Gasteiger partial charge in [-0.1, -0.05) is 12.1 Å². The third-order valence-corrected chi connectivity index (χ3v) is 9.00. The second kappa shape index (κ2) is 13.7. The number of aromatic nitrogens is 1. The molecule has 45 heavy (non-hydrogen) atoms. The predicted molar refractivity (Wildman–Crippen MR) is 159 cm³/mol. The van der Waals surface area contributed by atoms with Crippen molar-refractivity contribution in [2.24, 2.45) is 10.9 Å². The number of carboxylic acids is 1. The minimum absolute atomic E-state index is 0.0303. The fraction of sp³-hybridized carbons (Fsp3) is 0.500. The van der Waals surface area contributed by atoms with Crippen molar-refractivity contribution in [2.75, 3.05) is 45.9 Å². The Bertz CT molecular complexity index is 1490. The van der Waals surface area contributed by atoms with Gasteiger partial charge >= 0.3 is 11.9 Å². The van der Waals surface area contributed by atoms with E-state index in [0.717, 1.165) is 0 Å². The Labute approximate surface area is 262 Å². The van der Waals surface area contributed by atoms with Gasteiger partial charge in [-0.25, -0.2) is 22.9 Å². The average molecular weight is 649 g/mol. The van der Waals surface area contributed by atoms with E-state index in [0.29, 0.717) is 34.1 Å². The summed E-state index contributed by atoms with van der Waals surface area (Å²) in [6, 6.07) is 2.97. The standard InChI is InChI=1S/C30H35F3N6O5S/c1-3-44-29(43)24-22(36-26(27-35-9-10-45-27)37-25(24)20-5-4-6-21(31)17(20)2)15-39-16-30(32,33)11-19(39)7-8-34-12-23(40)38-13-18(14-38)28(41)42/h4-6,9-10,18-19,25,34H,3,7-8,11-16H2,1-2H3,(H,36,37)(H,41,42)/t19-,25-/m0/s1. The molecule has 4 heterocycles. The lowest BCUT2D eigenvalue weighted by Crippen LogP contribution is -2.55. The summed E-state index contributed by atoms with van der Waals surface area (Å²) < 4.78 is 49.8. The first-order valence-corrected chi connectivity index (χ1v) is 15.6. The average Bonchev–Trinajstić information content (AvgIpc) is 3.59. The van der Waals surface area contributed by atoms with Gasteiger partial charge in [0.25, 0.3) is 5.92 Å². The number of nitrogens with zero attached hydrogens (tertiary/aromatic N) is 4. The summed E-state index contributed by atoms with van der Waals surface area (Å²) in [4.78, 5) is 48.9. The number of esters is 1. The molecular weight excluding hydrogens is 613 g/mol. The van der Waals surface area contributed by atoms with Crippen LogP contribution in [0.2, 0.25) is 0 Å². The third kappa shape index (κ3) is 7.36. The number of amidine groups is 1. The van der Waals surface area contributed by atoms with Gasteiger partial charge in [0.15, 0.2) is 10.8 Å². The first-order valence-electron chi connectivity index (χ1n) is 14.7. The van der Waals surface area contributed by atoms with Crippen LogP contribution in [0.3, 0.4) is 0 Å². The van der Waals surface area contributed by atoms with Crippen LogP contribution in [-0.2, 0) is 19.1 Å². The largest absolute Gasteiger partial charge is 0.481 e. The van der Waals surface area contributed by atoms with E-state index in [4.69, 9.17) is 14.8 Å². The Morgan fingerprint density at radius 1 is 1.27 bits per heavy atom. The molecule has 1 amide bonds. The number of thiazole rings is 1. The number of ether oxygens (including phenoxy) is 1. The van der Waals surface area contributed by atoms with Crippen LogP contribution in [0.4, 0.5) is 13.2 Å². The molecule has 1 aromatic carbocycles. The van der Waals surface area contributed by atoms with Gasteiger partial charge in [-0.3, -0.25) is 19.5 Å². The molecule has 11 nitrogen and oxygen atoms in total. The first-order chi connectivity index (χ1) is 21.5. The van der Waals surface area contributed by atoms with E-state index < -0.39 is 54.6 Å². The zero-order valence-electron chi connectivity index (χ0n) is 24.9. The number of hydrogen-bond donors (Lipinski definition) is 3. The minimum atomic E-state index is -2.98. The zero-order chi connectivity index (χ0) is 32.3. The number of likely N-dealkylation sites (tertiary alicyclic amines) is 2. The summed E-state index contributed by atoms with van der Waals surface area (Å²) >= 11 is 1.30. The molecule has 0 radical (unpaired) electrons. The number of aliphatic imine (C=N–C) groups is 1. The van der Waals surface area contributed by atoms with Crippen LogP contribution in [0.25, 0.3) is 0 Å². The van der Waals surface area contributed by atoms with Gasteiger partial charge in [0, 0.05) is 49.4 Å². The van der Waals surface area contributed by atoms with E-state index in [1.807, 2.05) is 0 Å². The smallest absolute Gasteiger partial charge is 0.338 e. The van der Waals surface area contributed by atoms with Gasteiger partial charge in [-0.15, -0.1) is 11.3 Å². The highest BCUT2D eigenvalue weighted by Gasteiger charge is 2.46. The molecule has 242 valence electrons. The van der Waals surface area contributed by atoms with Gasteiger partial charge < -0.3 is 25.4 Å². The number of carbonyl (C=O) groups excluding carboxylic acids is 2. The fourth-order valence-electron chi connectivity index (χ4n) is 5.82. The number of carboxylic acid groups (broad SMARTS) is 1. The Balaban J connectivity index is 1.37. The molecule has 0 spiro atoms. The van der Waals surface area contributed by atoms with Crippen molar-refractivity contribution in [1.82, 2.24) is 25.4 Å². The molecular formula is C30H35F3N6O5S. The molecule has 5 rings (SSSR count). The predicted octanol–water partition coefficient (Wildman–Crippen LogP) is 2.73. The number of halogens is 3. The molecule has 0 saturated carbocycles. The molecule has 0 bridgehead atoms. The Kier molecular flexibility index (Phi) is 9.89. The van der Waals surface area contributed by atoms with Crippen molar-refractivity contribution in [2.45, 2.75) is 44.7 Å². The molecule has 0 aliphatic carbocycles. The maximum absolute atomic E-state index is 14.8. The number of benzene rings is 1. The quantitative estimate of drug-likeness (QED) is 0.235. The summed E-state index contributed by atoms with van der Waals surface area (Å²) in [5.41, 5.74) is 1.17. The normalized spacial score (nSPS) is 21.7. The molecule has 3 aliphatic rings. The monoisotopic (exact) mass is 648 g/mol. The van der Waals surface area contributed by atoms with Gasteiger partial charge in [-0.05, 0) is 44.0 Å². The summed E-state index contributed by atoms with van der Waals surface area (Å²) in [6.07, 6.45) is 1.48. The van der Waals surface area contributed by atoms with Crippen LogP contribution in [0, 0.1) is 18.7 Å². The van der Waals surface area contributed by atoms with Crippen LogP contribution in [-0.4, -0.2) is 101 Å². The maximum atomic E-state index is 14.8. The zero-order valence-corrected chi connectivity index (χ0v) is 25.7. The van der Waals surface area contributed by atoms with Gasteiger partial charge in [0.05, 0.1) is 31.2 Å². The van der Waals surface area contributed by atoms with Crippen LogP contribution in [0.5, 0.6) is 0 Å². The van der Waals surface area contributed by atoms with Crippen LogP contribution in [0.15, 0.2) is 46.0 Å². The summed E-state index contributed by atoms with van der Waals surface area (Å²) in [6.45, 7) is 3.26. The van der Waals surface area contributed by atoms with Crippen molar-refractivity contribution in [3.63, 3.8) is 0 Å². The van der Waals surface area contributed by atoms with Crippen LogP contribution >= 0.6 is 11.3 Å². The van der Waals surface area contributed by atoms with E-state index in [1.54, 1.807) is 36.4 Å². The Hall–Kier alpha value is -3.82. The minimum Gasteiger partial charge on any atom is -0.481 e. The molecule has 0 unspecified atom stereocenters. The molecule has 2 aromatic rings. The second-order valence-corrected chi connectivity index (χ2v) is 12.2. The van der Waals surface area contributed by atoms with Crippen molar-refractivity contribution < 1.29 is 37.4 Å². The summed E-state index contributed by atoms with van der Waals surface area (Å²) in [5, 5.41) is 17.4. The molecule has 1 aromatic heterocycles. The highest BCUT2D eigenvalue weighted by Crippen LogP contribution is 2.38. The maximum Gasteiger partial charge on any atom is 0.338 e. The third-order valence-electron chi connectivity index (χ3n) is 8.22.